The summed E-state index contributed by atoms with van der Waals surface area (Å²) >= 11 is 0. The maximum Gasteiger partial charge on any atom is 0.191 e. The molecule has 0 amide bonds. The zero-order chi connectivity index (χ0) is 22.1. The molecular formula is C25H36IN3O3. The molecule has 0 aliphatic carbocycles. The average molecular weight is 553 g/mol. The lowest BCUT2D eigenvalue weighted by Gasteiger charge is -2.32. The minimum atomic E-state index is 0. The first kappa shape index (κ1) is 26.3. The number of ether oxygens (including phenoxy) is 3. The summed E-state index contributed by atoms with van der Waals surface area (Å²) in [6, 6.07) is 14.5. The Hall–Kier alpha value is -2.00. The number of aryl methyl sites for hydroxylation is 1. The first-order valence-corrected chi connectivity index (χ1v) is 11.1. The second-order valence-corrected chi connectivity index (χ2v) is 7.83. The number of nitrogens with zero attached hydrogens (tertiary/aromatic N) is 1. The Morgan fingerprint density at radius 3 is 2.56 bits per heavy atom. The van der Waals surface area contributed by atoms with Gasteiger partial charge in [-0.25, -0.2) is 4.99 Å². The second kappa shape index (κ2) is 13.5. The van der Waals surface area contributed by atoms with E-state index in [2.05, 4.69) is 48.7 Å². The summed E-state index contributed by atoms with van der Waals surface area (Å²) in [5.41, 5.74) is 3.50. The summed E-state index contributed by atoms with van der Waals surface area (Å²) in [7, 11) is 3.30. The number of aliphatic imine (C=N–C) groups is 1. The molecule has 32 heavy (non-hydrogen) atoms. The molecule has 3 rings (SSSR count). The number of guanidine groups is 1. The molecule has 0 saturated carbocycles. The number of benzene rings is 2. The first-order chi connectivity index (χ1) is 15.2. The van der Waals surface area contributed by atoms with Crippen molar-refractivity contribution in [3.63, 3.8) is 0 Å². The summed E-state index contributed by atoms with van der Waals surface area (Å²) in [6.07, 6.45) is 2.33. The Kier molecular flexibility index (Phi) is 11.1. The fraction of sp³-hybridized carbons (Fsp3) is 0.480. The van der Waals surface area contributed by atoms with E-state index in [1.807, 2.05) is 18.2 Å². The van der Waals surface area contributed by atoms with Crippen LogP contribution in [0.3, 0.4) is 0 Å². The molecule has 1 saturated heterocycles. The third-order valence-electron chi connectivity index (χ3n) is 5.62. The lowest BCUT2D eigenvalue weighted by atomic mass is 9.89. The van der Waals surface area contributed by atoms with Crippen LogP contribution in [-0.4, -0.2) is 39.9 Å². The Balaban J connectivity index is 0.00000363. The van der Waals surface area contributed by atoms with E-state index in [-0.39, 0.29) is 30.1 Å². The number of methoxy groups -OCH3 is 2. The van der Waals surface area contributed by atoms with Crippen LogP contribution in [-0.2, 0) is 11.3 Å². The van der Waals surface area contributed by atoms with Crippen LogP contribution in [0.2, 0.25) is 0 Å². The molecule has 2 aromatic rings. The van der Waals surface area contributed by atoms with Gasteiger partial charge in [0.15, 0.2) is 17.5 Å². The van der Waals surface area contributed by atoms with Gasteiger partial charge in [-0.3, -0.25) is 0 Å². The molecule has 1 aliphatic rings. The molecule has 1 heterocycles. The predicted octanol–water partition coefficient (Wildman–Crippen LogP) is 4.85. The van der Waals surface area contributed by atoms with Crippen molar-refractivity contribution in [3.8, 4) is 11.5 Å². The summed E-state index contributed by atoms with van der Waals surface area (Å²) in [6.45, 7) is 7.10. The van der Waals surface area contributed by atoms with Gasteiger partial charge in [-0.05, 0) is 38.3 Å². The molecule has 7 heteroatoms. The van der Waals surface area contributed by atoms with Gasteiger partial charge in [0, 0.05) is 31.2 Å². The van der Waals surface area contributed by atoms with Gasteiger partial charge >= 0.3 is 0 Å². The molecule has 2 N–H and O–H groups in total. The number of hydrogen-bond donors (Lipinski definition) is 2. The monoisotopic (exact) mass is 553 g/mol. The standard InChI is InChI=1S/C25H35N3O3.HI/c1-5-26-25(28-17-21-8-6-10-22(29-3)24(21)30-4)27-16-20-9-7-15-31-23(20)19-13-11-18(2)12-14-19;/h6,8,10-14,20,23H,5,7,9,15-17H2,1-4H3,(H2,26,27,28);1H. The zero-order valence-corrected chi connectivity index (χ0v) is 21.8. The highest BCUT2D eigenvalue weighted by atomic mass is 127. The minimum absolute atomic E-state index is 0. The third-order valence-corrected chi connectivity index (χ3v) is 5.62. The van der Waals surface area contributed by atoms with E-state index < -0.39 is 0 Å². The molecule has 0 bridgehead atoms. The van der Waals surface area contributed by atoms with Crippen molar-refractivity contribution < 1.29 is 14.2 Å². The predicted molar refractivity (Wildman–Crippen MR) is 140 cm³/mol. The van der Waals surface area contributed by atoms with Gasteiger partial charge < -0.3 is 24.8 Å². The van der Waals surface area contributed by atoms with E-state index in [0.29, 0.717) is 18.2 Å². The first-order valence-electron chi connectivity index (χ1n) is 11.1. The van der Waals surface area contributed by atoms with Crippen LogP contribution in [0.5, 0.6) is 11.5 Å². The van der Waals surface area contributed by atoms with Crippen LogP contribution in [0.1, 0.15) is 42.6 Å². The third kappa shape index (κ3) is 7.00. The van der Waals surface area contributed by atoms with Crippen molar-refractivity contribution in [2.75, 3.05) is 33.9 Å². The van der Waals surface area contributed by atoms with Gasteiger partial charge in [0.25, 0.3) is 0 Å². The van der Waals surface area contributed by atoms with Gasteiger partial charge in [0.1, 0.15) is 0 Å². The lowest BCUT2D eigenvalue weighted by molar-refractivity contribution is -0.0265. The van der Waals surface area contributed by atoms with Gasteiger partial charge in [-0.1, -0.05) is 42.0 Å². The van der Waals surface area contributed by atoms with Gasteiger partial charge in [0.2, 0.25) is 0 Å². The van der Waals surface area contributed by atoms with Crippen molar-refractivity contribution >= 4 is 29.9 Å². The van der Waals surface area contributed by atoms with Crippen molar-refractivity contribution in [1.82, 2.24) is 10.6 Å². The molecule has 176 valence electrons. The van der Waals surface area contributed by atoms with Crippen LogP contribution in [0.25, 0.3) is 0 Å². The molecule has 6 nitrogen and oxygen atoms in total. The summed E-state index contributed by atoms with van der Waals surface area (Å²) < 4.78 is 17.1. The van der Waals surface area contributed by atoms with E-state index in [1.54, 1.807) is 14.2 Å². The Labute approximate surface area is 209 Å². The van der Waals surface area contributed by atoms with Crippen molar-refractivity contribution in [2.24, 2.45) is 10.9 Å². The normalized spacial score (nSPS) is 18.4. The molecule has 0 aromatic heterocycles. The molecule has 0 spiro atoms. The number of halogens is 1. The number of rotatable bonds is 8. The maximum absolute atomic E-state index is 6.16. The van der Waals surface area contributed by atoms with E-state index >= 15 is 0 Å². The molecule has 1 aliphatic heterocycles. The second-order valence-electron chi connectivity index (χ2n) is 7.83. The van der Waals surface area contributed by atoms with Crippen molar-refractivity contribution in [1.29, 1.82) is 0 Å². The summed E-state index contributed by atoms with van der Waals surface area (Å²) in [5.74, 6) is 2.63. The summed E-state index contributed by atoms with van der Waals surface area (Å²) in [4.78, 5) is 4.78. The summed E-state index contributed by atoms with van der Waals surface area (Å²) in [5, 5.41) is 6.87. The van der Waals surface area contributed by atoms with Crippen LogP contribution in [0.15, 0.2) is 47.5 Å². The number of hydrogen-bond acceptors (Lipinski definition) is 4. The Bertz CT molecular complexity index is 858. The van der Waals surface area contributed by atoms with Gasteiger partial charge in [-0.15, -0.1) is 24.0 Å². The zero-order valence-electron chi connectivity index (χ0n) is 19.5. The molecule has 2 atom stereocenters. The number of para-hydroxylation sites is 1. The average Bonchev–Trinajstić information content (AvgIpc) is 2.81. The topological polar surface area (TPSA) is 64.1 Å². The van der Waals surface area contributed by atoms with Gasteiger partial charge in [0.05, 0.1) is 26.9 Å². The lowest BCUT2D eigenvalue weighted by Crippen LogP contribution is -2.42. The smallest absolute Gasteiger partial charge is 0.191 e. The largest absolute Gasteiger partial charge is 0.493 e. The van der Waals surface area contributed by atoms with Crippen LogP contribution in [0, 0.1) is 12.8 Å². The Morgan fingerprint density at radius 2 is 1.88 bits per heavy atom. The van der Waals surface area contributed by atoms with Crippen LogP contribution in [0.4, 0.5) is 0 Å². The van der Waals surface area contributed by atoms with Crippen LogP contribution >= 0.6 is 24.0 Å². The van der Waals surface area contributed by atoms with E-state index in [4.69, 9.17) is 19.2 Å². The molecule has 0 radical (unpaired) electrons. The van der Waals surface area contributed by atoms with E-state index in [1.165, 1.54) is 11.1 Å². The van der Waals surface area contributed by atoms with E-state index in [0.717, 1.165) is 49.8 Å². The minimum Gasteiger partial charge on any atom is -0.493 e. The SMILES string of the molecule is CCNC(=NCc1cccc(OC)c1OC)NCC1CCCOC1c1ccc(C)cc1.I. The Morgan fingerprint density at radius 1 is 1.09 bits per heavy atom. The van der Waals surface area contributed by atoms with Crippen molar-refractivity contribution in [3.05, 3.63) is 59.2 Å². The van der Waals surface area contributed by atoms with Crippen LogP contribution < -0.4 is 20.1 Å². The fourth-order valence-electron chi connectivity index (χ4n) is 3.99. The highest BCUT2D eigenvalue weighted by molar-refractivity contribution is 14.0. The molecule has 2 aromatic carbocycles. The maximum atomic E-state index is 6.16. The molecule has 2 unspecified atom stereocenters. The van der Waals surface area contributed by atoms with Crippen molar-refractivity contribution in [2.45, 2.75) is 39.3 Å². The highest BCUT2D eigenvalue weighted by Crippen LogP contribution is 2.33. The van der Waals surface area contributed by atoms with E-state index in [9.17, 15) is 0 Å². The molecular weight excluding hydrogens is 517 g/mol. The molecule has 1 fully saturated rings. The van der Waals surface area contributed by atoms with Gasteiger partial charge in [-0.2, -0.15) is 0 Å². The highest BCUT2D eigenvalue weighted by Gasteiger charge is 2.27. The fourth-order valence-corrected chi connectivity index (χ4v) is 3.99. The number of nitrogens with one attached hydrogen (secondary N) is 2. The quantitative estimate of drug-likeness (QED) is 0.278.